The van der Waals surface area contributed by atoms with E-state index >= 15 is 0 Å². The van der Waals surface area contributed by atoms with Gasteiger partial charge in [0, 0.05) is 17.9 Å². The molecule has 0 radical (unpaired) electrons. The lowest BCUT2D eigenvalue weighted by Crippen LogP contribution is -2.28. The van der Waals surface area contributed by atoms with Crippen molar-refractivity contribution in [2.24, 2.45) is 5.92 Å². The molecule has 114 valence electrons. The average Bonchev–Trinajstić information content (AvgIpc) is 2.88. The van der Waals surface area contributed by atoms with Crippen molar-refractivity contribution in [1.82, 2.24) is 15.3 Å². The quantitative estimate of drug-likeness (QED) is 0.512. The van der Waals surface area contributed by atoms with E-state index in [0.29, 0.717) is 0 Å². The molecule has 3 rings (SSSR count). The highest BCUT2D eigenvalue weighted by Gasteiger charge is 2.15. The normalized spacial score (nSPS) is 15.8. The molecule has 0 amide bonds. The number of rotatable bonds is 4. The standard InChI is InChI=1S/C13H16N4O2S.ClH/c18-17(19)10-1-2-11-12(7-10)16-13(15-11)20-8-9-3-5-14-6-4-9;/h1-2,7,9,14H,3-6,8H2,(H,15,16);1H. The summed E-state index contributed by atoms with van der Waals surface area (Å²) in [5, 5.41) is 14.9. The molecule has 2 aromatic rings. The molecule has 21 heavy (non-hydrogen) atoms. The molecular weight excluding hydrogens is 312 g/mol. The zero-order valence-corrected chi connectivity index (χ0v) is 13.0. The lowest BCUT2D eigenvalue weighted by atomic mass is 10.0. The minimum atomic E-state index is -0.387. The van der Waals surface area contributed by atoms with Crippen molar-refractivity contribution in [1.29, 1.82) is 0 Å². The van der Waals surface area contributed by atoms with E-state index in [0.717, 1.165) is 41.0 Å². The Morgan fingerprint density at radius 3 is 2.86 bits per heavy atom. The number of hydrogen-bond acceptors (Lipinski definition) is 5. The number of hydrogen-bond donors (Lipinski definition) is 2. The highest BCUT2D eigenvalue weighted by atomic mass is 35.5. The Balaban J connectivity index is 0.00000161. The van der Waals surface area contributed by atoms with Crippen LogP contribution in [0.1, 0.15) is 12.8 Å². The van der Waals surface area contributed by atoms with Gasteiger partial charge < -0.3 is 10.3 Å². The van der Waals surface area contributed by atoms with Crippen molar-refractivity contribution in [2.75, 3.05) is 18.8 Å². The molecule has 0 aliphatic carbocycles. The molecule has 1 aromatic heterocycles. The number of nitro groups is 1. The Bertz CT molecular complexity index is 628. The van der Waals surface area contributed by atoms with Crippen molar-refractivity contribution < 1.29 is 4.92 Å². The fraction of sp³-hybridized carbons (Fsp3) is 0.462. The first-order valence-electron chi connectivity index (χ1n) is 6.70. The van der Waals surface area contributed by atoms with E-state index in [1.807, 2.05) is 0 Å². The number of aromatic nitrogens is 2. The summed E-state index contributed by atoms with van der Waals surface area (Å²) in [4.78, 5) is 18.0. The molecule has 2 N–H and O–H groups in total. The van der Waals surface area contributed by atoms with E-state index in [4.69, 9.17) is 0 Å². The number of thioether (sulfide) groups is 1. The molecule has 1 fully saturated rings. The molecule has 1 aromatic carbocycles. The number of imidazole rings is 1. The largest absolute Gasteiger partial charge is 0.333 e. The van der Waals surface area contributed by atoms with Gasteiger partial charge in [-0.05, 0) is 37.9 Å². The van der Waals surface area contributed by atoms with Gasteiger partial charge in [0.2, 0.25) is 0 Å². The zero-order valence-electron chi connectivity index (χ0n) is 11.4. The minimum absolute atomic E-state index is 0. The van der Waals surface area contributed by atoms with Crippen molar-refractivity contribution in [2.45, 2.75) is 18.0 Å². The fourth-order valence-corrected chi connectivity index (χ4v) is 3.47. The third kappa shape index (κ3) is 3.87. The summed E-state index contributed by atoms with van der Waals surface area (Å²) in [6, 6.07) is 4.72. The molecular formula is C13H17ClN4O2S. The number of fused-ring (bicyclic) bond motifs is 1. The van der Waals surface area contributed by atoms with Gasteiger partial charge in [-0.3, -0.25) is 10.1 Å². The maximum atomic E-state index is 10.7. The third-order valence-corrected chi connectivity index (χ3v) is 4.67. The topological polar surface area (TPSA) is 83.8 Å². The second-order valence-electron chi connectivity index (χ2n) is 5.00. The molecule has 2 heterocycles. The van der Waals surface area contributed by atoms with Crippen LogP contribution in [0.15, 0.2) is 23.4 Å². The molecule has 0 atom stereocenters. The number of benzene rings is 1. The number of nitro benzene ring substituents is 1. The van der Waals surface area contributed by atoms with Crippen LogP contribution in [0, 0.1) is 16.0 Å². The maximum absolute atomic E-state index is 10.7. The van der Waals surface area contributed by atoms with Crippen LogP contribution in [0.3, 0.4) is 0 Å². The van der Waals surface area contributed by atoms with E-state index in [-0.39, 0.29) is 23.0 Å². The highest BCUT2D eigenvalue weighted by Crippen LogP contribution is 2.26. The van der Waals surface area contributed by atoms with Crippen molar-refractivity contribution in [3.05, 3.63) is 28.3 Å². The van der Waals surface area contributed by atoms with Gasteiger partial charge in [-0.1, -0.05) is 11.8 Å². The van der Waals surface area contributed by atoms with Gasteiger partial charge in [0.25, 0.3) is 5.69 Å². The summed E-state index contributed by atoms with van der Waals surface area (Å²) in [5.41, 5.74) is 1.60. The van der Waals surface area contributed by atoms with Gasteiger partial charge >= 0.3 is 0 Å². The van der Waals surface area contributed by atoms with Crippen LogP contribution >= 0.6 is 24.2 Å². The van der Waals surface area contributed by atoms with Crippen LogP contribution in [0.2, 0.25) is 0 Å². The smallest absolute Gasteiger partial charge is 0.271 e. The van der Waals surface area contributed by atoms with Gasteiger partial charge in [-0.15, -0.1) is 12.4 Å². The van der Waals surface area contributed by atoms with Gasteiger partial charge in [0.1, 0.15) is 0 Å². The molecule has 0 bridgehead atoms. The second kappa shape index (κ2) is 7.11. The summed E-state index contributed by atoms with van der Waals surface area (Å²) < 4.78 is 0. The molecule has 1 aliphatic heterocycles. The van der Waals surface area contributed by atoms with E-state index in [2.05, 4.69) is 15.3 Å². The van der Waals surface area contributed by atoms with Crippen molar-refractivity contribution in [3.63, 3.8) is 0 Å². The van der Waals surface area contributed by atoms with Crippen LogP contribution < -0.4 is 5.32 Å². The summed E-state index contributed by atoms with van der Waals surface area (Å²) in [6.07, 6.45) is 2.41. The van der Waals surface area contributed by atoms with E-state index in [1.165, 1.54) is 25.0 Å². The molecule has 6 nitrogen and oxygen atoms in total. The first-order chi connectivity index (χ1) is 9.72. The van der Waals surface area contributed by atoms with Gasteiger partial charge in [0.05, 0.1) is 16.0 Å². The van der Waals surface area contributed by atoms with E-state index < -0.39 is 0 Å². The van der Waals surface area contributed by atoms with Crippen LogP contribution in [-0.2, 0) is 0 Å². The zero-order chi connectivity index (χ0) is 13.9. The van der Waals surface area contributed by atoms with Crippen molar-refractivity contribution >= 4 is 40.9 Å². The number of nitrogens with one attached hydrogen (secondary N) is 2. The molecule has 1 aliphatic rings. The minimum Gasteiger partial charge on any atom is -0.333 e. The SMILES string of the molecule is Cl.O=[N+]([O-])c1ccc2nc(SCC3CCNCC3)[nH]c2c1. The predicted molar refractivity (Wildman–Crippen MR) is 86.3 cm³/mol. The van der Waals surface area contributed by atoms with Crippen LogP contribution in [0.4, 0.5) is 5.69 Å². The first kappa shape index (κ1) is 16.1. The number of H-pyrrole nitrogens is 1. The average molecular weight is 329 g/mol. The van der Waals surface area contributed by atoms with Gasteiger partial charge in [0.15, 0.2) is 5.16 Å². The number of halogens is 1. The number of piperidine rings is 1. The van der Waals surface area contributed by atoms with Crippen LogP contribution in [-0.4, -0.2) is 33.7 Å². The molecule has 1 saturated heterocycles. The molecule has 0 spiro atoms. The molecule has 0 saturated carbocycles. The monoisotopic (exact) mass is 328 g/mol. The lowest BCUT2D eigenvalue weighted by molar-refractivity contribution is -0.384. The fourth-order valence-electron chi connectivity index (χ4n) is 2.40. The third-order valence-electron chi connectivity index (χ3n) is 3.57. The molecule has 0 unspecified atom stereocenters. The van der Waals surface area contributed by atoms with E-state index in [9.17, 15) is 10.1 Å². The summed E-state index contributed by atoms with van der Waals surface area (Å²) in [5.74, 6) is 1.77. The number of aromatic amines is 1. The Morgan fingerprint density at radius 2 is 2.14 bits per heavy atom. The summed E-state index contributed by atoms with van der Waals surface area (Å²) in [6.45, 7) is 2.19. The van der Waals surface area contributed by atoms with Gasteiger partial charge in [-0.25, -0.2) is 4.98 Å². The second-order valence-corrected chi connectivity index (χ2v) is 6.01. The summed E-state index contributed by atoms with van der Waals surface area (Å²) >= 11 is 1.70. The predicted octanol–water partition coefficient (Wildman–Crippen LogP) is 2.98. The van der Waals surface area contributed by atoms with Crippen LogP contribution in [0.5, 0.6) is 0 Å². The lowest BCUT2D eigenvalue weighted by Gasteiger charge is -2.21. The molecule has 8 heteroatoms. The van der Waals surface area contributed by atoms with E-state index in [1.54, 1.807) is 17.8 Å². The van der Waals surface area contributed by atoms with Gasteiger partial charge in [-0.2, -0.15) is 0 Å². The first-order valence-corrected chi connectivity index (χ1v) is 7.68. The Labute approximate surface area is 132 Å². The summed E-state index contributed by atoms with van der Waals surface area (Å²) in [7, 11) is 0. The van der Waals surface area contributed by atoms with Crippen molar-refractivity contribution in [3.8, 4) is 0 Å². The highest BCUT2D eigenvalue weighted by molar-refractivity contribution is 7.99. The number of non-ortho nitro benzene ring substituents is 1. The van der Waals surface area contributed by atoms with Crippen LogP contribution in [0.25, 0.3) is 11.0 Å². The Morgan fingerprint density at radius 1 is 1.38 bits per heavy atom. The number of nitrogens with zero attached hydrogens (tertiary/aromatic N) is 2. The maximum Gasteiger partial charge on any atom is 0.271 e. The Kier molecular flexibility index (Phi) is 5.44. The Hall–Kier alpha value is -1.31.